The highest BCUT2D eigenvalue weighted by molar-refractivity contribution is 7.16. The lowest BCUT2D eigenvalue weighted by Crippen LogP contribution is -2.25. The van der Waals surface area contributed by atoms with Crippen LogP contribution in [0.3, 0.4) is 0 Å². The van der Waals surface area contributed by atoms with Gasteiger partial charge in [-0.3, -0.25) is 9.69 Å². The number of aryl methyl sites for hydroxylation is 2. The van der Waals surface area contributed by atoms with Crippen LogP contribution < -0.4 is 4.90 Å². The van der Waals surface area contributed by atoms with E-state index < -0.39 is 0 Å². The lowest BCUT2D eigenvalue weighted by molar-refractivity contribution is 0.0997. The number of nitrogens with zero attached hydrogens (tertiary/aromatic N) is 2. The number of hydrogen-bond acceptors (Lipinski definition) is 5. The Morgan fingerprint density at radius 3 is 3.10 bits per heavy atom. The van der Waals surface area contributed by atoms with Gasteiger partial charge >= 0.3 is 0 Å². The lowest BCUT2D eigenvalue weighted by atomic mass is 10.0. The minimum absolute atomic E-state index is 0.0106. The fourth-order valence-corrected chi connectivity index (χ4v) is 4.22. The molecule has 1 aliphatic rings. The molecule has 3 heterocycles. The number of fused-ring (bicyclic) bond motifs is 3. The number of rotatable bonds is 2. The fourth-order valence-electron chi connectivity index (χ4n) is 2.49. The van der Waals surface area contributed by atoms with Gasteiger partial charge in [0, 0.05) is 23.9 Å². The van der Waals surface area contributed by atoms with E-state index in [0.29, 0.717) is 0 Å². The summed E-state index contributed by atoms with van der Waals surface area (Å²) in [6, 6.07) is 5.68. The average molecular weight is 316 g/mol. The Labute approximate surface area is 129 Å². The van der Waals surface area contributed by atoms with Crippen LogP contribution in [0.5, 0.6) is 0 Å². The molecule has 0 saturated heterocycles. The third-order valence-corrected chi connectivity index (χ3v) is 5.64. The Kier molecular flexibility index (Phi) is 2.94. The zero-order valence-electron chi connectivity index (χ0n) is 11.3. The third kappa shape index (κ3) is 2.02. The number of aromatic nitrogens is 1. The highest BCUT2D eigenvalue weighted by atomic mass is 32.1. The van der Waals surface area contributed by atoms with Crippen molar-refractivity contribution >= 4 is 33.7 Å². The molecule has 0 unspecified atom stereocenters. The Hall–Kier alpha value is -1.92. The summed E-state index contributed by atoms with van der Waals surface area (Å²) < 4.78 is 5.47. The highest BCUT2D eigenvalue weighted by Gasteiger charge is 2.26. The van der Waals surface area contributed by atoms with Crippen molar-refractivity contribution < 1.29 is 9.21 Å². The Balaban J connectivity index is 1.71. The van der Waals surface area contributed by atoms with E-state index >= 15 is 0 Å². The van der Waals surface area contributed by atoms with Crippen LogP contribution >= 0.6 is 22.7 Å². The number of amides is 1. The van der Waals surface area contributed by atoms with Gasteiger partial charge in [-0.25, -0.2) is 4.98 Å². The van der Waals surface area contributed by atoms with E-state index in [1.165, 1.54) is 16.2 Å². The summed E-state index contributed by atoms with van der Waals surface area (Å²) in [5, 5.41) is 2.65. The van der Waals surface area contributed by atoms with Crippen molar-refractivity contribution in [1.29, 1.82) is 0 Å². The van der Waals surface area contributed by atoms with Crippen LogP contribution in [0.15, 0.2) is 34.3 Å². The summed E-state index contributed by atoms with van der Waals surface area (Å²) >= 11 is 3.04. The van der Waals surface area contributed by atoms with Crippen LogP contribution in [-0.2, 0) is 12.8 Å². The Morgan fingerprint density at radius 1 is 1.38 bits per heavy atom. The zero-order chi connectivity index (χ0) is 14.4. The van der Waals surface area contributed by atoms with Crippen LogP contribution in [0.4, 0.5) is 5.13 Å². The number of carbonyl (C=O) groups is 1. The maximum Gasteiger partial charge on any atom is 0.269 e. The van der Waals surface area contributed by atoms with Crippen LogP contribution in [0, 0.1) is 0 Å². The monoisotopic (exact) mass is 316 g/mol. The summed E-state index contributed by atoms with van der Waals surface area (Å²) in [6.45, 7) is 0. The Morgan fingerprint density at radius 2 is 2.29 bits per heavy atom. The van der Waals surface area contributed by atoms with Crippen molar-refractivity contribution in [3.8, 4) is 11.3 Å². The van der Waals surface area contributed by atoms with Gasteiger partial charge in [0.1, 0.15) is 5.76 Å². The molecule has 1 amide bonds. The molecule has 0 aliphatic heterocycles. The minimum Gasteiger partial charge on any atom is -0.469 e. The number of anilines is 1. The van der Waals surface area contributed by atoms with Gasteiger partial charge in [0.15, 0.2) is 5.13 Å². The summed E-state index contributed by atoms with van der Waals surface area (Å²) in [7, 11) is 1.78. The van der Waals surface area contributed by atoms with Crippen molar-refractivity contribution in [3.63, 3.8) is 0 Å². The second-order valence-corrected chi connectivity index (χ2v) is 6.88. The number of carbonyl (C=O) groups excluding carboxylic acids is 1. The largest absolute Gasteiger partial charge is 0.469 e. The predicted octanol–water partition coefficient (Wildman–Crippen LogP) is 3.84. The van der Waals surface area contributed by atoms with E-state index in [4.69, 9.17) is 4.42 Å². The maximum atomic E-state index is 12.4. The summed E-state index contributed by atoms with van der Waals surface area (Å²) in [5.74, 6) is 0.982. The number of thiophene rings is 1. The molecule has 6 heteroatoms. The first-order chi connectivity index (χ1) is 10.2. The molecule has 21 heavy (non-hydrogen) atoms. The molecule has 0 fully saturated rings. The van der Waals surface area contributed by atoms with E-state index in [-0.39, 0.29) is 5.91 Å². The van der Waals surface area contributed by atoms with Crippen LogP contribution in [0.2, 0.25) is 0 Å². The second-order valence-electron chi connectivity index (χ2n) is 4.87. The zero-order valence-corrected chi connectivity index (χ0v) is 13.0. The van der Waals surface area contributed by atoms with Crippen molar-refractivity contribution in [2.24, 2.45) is 0 Å². The van der Waals surface area contributed by atoms with Crippen molar-refractivity contribution in [1.82, 2.24) is 4.98 Å². The number of thiazole rings is 1. The molecule has 4 rings (SSSR count). The predicted molar refractivity (Wildman–Crippen MR) is 84.3 cm³/mol. The first kappa shape index (κ1) is 12.8. The van der Waals surface area contributed by atoms with Gasteiger partial charge in [-0.1, -0.05) is 6.07 Å². The van der Waals surface area contributed by atoms with Gasteiger partial charge < -0.3 is 4.42 Å². The van der Waals surface area contributed by atoms with Crippen molar-refractivity contribution in [2.45, 2.75) is 12.8 Å². The van der Waals surface area contributed by atoms with E-state index in [1.807, 2.05) is 23.6 Å². The van der Waals surface area contributed by atoms with Crippen LogP contribution in [0.25, 0.3) is 11.3 Å². The SMILES string of the molecule is CN(C(=O)c1cccs1)c1nc2c(s1)CCc1occc1-2. The molecule has 4 nitrogen and oxygen atoms in total. The van der Waals surface area contributed by atoms with Crippen LogP contribution in [-0.4, -0.2) is 17.9 Å². The maximum absolute atomic E-state index is 12.4. The summed E-state index contributed by atoms with van der Waals surface area (Å²) in [4.78, 5) is 20.7. The molecule has 0 saturated carbocycles. The van der Waals surface area contributed by atoms with Crippen molar-refractivity contribution in [2.75, 3.05) is 11.9 Å². The van der Waals surface area contributed by atoms with Gasteiger partial charge in [-0.05, 0) is 23.9 Å². The van der Waals surface area contributed by atoms with E-state index in [1.54, 1.807) is 29.5 Å². The molecule has 1 aliphatic carbocycles. The molecule has 0 bridgehead atoms. The van der Waals surface area contributed by atoms with Crippen LogP contribution in [0.1, 0.15) is 20.3 Å². The second kappa shape index (κ2) is 4.82. The highest BCUT2D eigenvalue weighted by Crippen LogP contribution is 2.39. The molecule has 0 aromatic carbocycles. The van der Waals surface area contributed by atoms with E-state index in [0.717, 1.165) is 39.9 Å². The topological polar surface area (TPSA) is 46.3 Å². The van der Waals surface area contributed by atoms with Gasteiger partial charge in [-0.15, -0.1) is 22.7 Å². The average Bonchev–Trinajstić information content (AvgIpc) is 3.22. The van der Waals surface area contributed by atoms with Gasteiger partial charge in [0.05, 0.1) is 16.8 Å². The standard InChI is InChI=1S/C15H12N2O2S2/c1-17(14(18)12-3-2-8-20-12)15-16-13-9-6-7-19-10(9)4-5-11(13)21-15/h2-3,6-8H,4-5H2,1H3. The fraction of sp³-hybridized carbons (Fsp3) is 0.200. The number of furan rings is 1. The first-order valence-corrected chi connectivity index (χ1v) is 8.31. The van der Waals surface area contributed by atoms with Gasteiger partial charge in [-0.2, -0.15) is 0 Å². The van der Waals surface area contributed by atoms with Gasteiger partial charge in [0.25, 0.3) is 5.91 Å². The molecule has 3 aromatic rings. The van der Waals surface area contributed by atoms with E-state index in [9.17, 15) is 4.79 Å². The molecule has 0 N–H and O–H groups in total. The first-order valence-electron chi connectivity index (χ1n) is 6.62. The molecular formula is C15H12N2O2S2. The van der Waals surface area contributed by atoms with E-state index in [2.05, 4.69) is 4.98 Å². The molecule has 0 radical (unpaired) electrons. The molecule has 0 spiro atoms. The molecule has 3 aromatic heterocycles. The normalized spacial score (nSPS) is 12.8. The molecule has 106 valence electrons. The molecular weight excluding hydrogens is 304 g/mol. The van der Waals surface area contributed by atoms with Crippen molar-refractivity contribution in [3.05, 3.63) is 45.4 Å². The quantitative estimate of drug-likeness (QED) is 0.721. The lowest BCUT2D eigenvalue weighted by Gasteiger charge is -2.11. The summed E-state index contributed by atoms with van der Waals surface area (Å²) in [6.07, 6.45) is 3.54. The van der Waals surface area contributed by atoms with Gasteiger partial charge in [0.2, 0.25) is 0 Å². The Bertz CT molecular complexity index is 802. The smallest absolute Gasteiger partial charge is 0.269 e. The minimum atomic E-state index is -0.0106. The third-order valence-electron chi connectivity index (χ3n) is 3.59. The molecule has 0 atom stereocenters. The summed E-state index contributed by atoms with van der Waals surface area (Å²) in [5.41, 5.74) is 2.03. The number of hydrogen-bond donors (Lipinski definition) is 0.